The highest BCUT2D eigenvalue weighted by Gasteiger charge is 2.35. The summed E-state index contributed by atoms with van der Waals surface area (Å²) in [6.07, 6.45) is 0.585. The Kier molecular flexibility index (Phi) is 8.60. The number of methoxy groups -OCH3 is 1. The number of benzene rings is 3. The van der Waals surface area contributed by atoms with Crippen molar-refractivity contribution in [1.82, 2.24) is 0 Å². The van der Waals surface area contributed by atoms with Crippen molar-refractivity contribution in [2.75, 3.05) is 18.0 Å². The number of halogens is 1. The van der Waals surface area contributed by atoms with Crippen LogP contribution in [0.1, 0.15) is 23.6 Å². The van der Waals surface area contributed by atoms with Crippen LogP contribution >= 0.6 is 11.6 Å². The van der Waals surface area contributed by atoms with E-state index in [1.807, 2.05) is 12.1 Å². The van der Waals surface area contributed by atoms with E-state index < -0.39 is 22.0 Å². The summed E-state index contributed by atoms with van der Waals surface area (Å²) in [5, 5.41) is 7.52. The number of ether oxygens (including phenoxy) is 2. The summed E-state index contributed by atoms with van der Waals surface area (Å²) in [5.74, 6) is -0.270. The average molecular weight is 530 g/mol. The van der Waals surface area contributed by atoms with E-state index in [1.54, 1.807) is 49.4 Å². The second-order valence-electron chi connectivity index (χ2n) is 8.14. The molecular formula is C26H28ClN3O5S. The molecule has 3 N–H and O–H groups in total. The van der Waals surface area contributed by atoms with Gasteiger partial charge in [0.1, 0.15) is 22.5 Å². The van der Waals surface area contributed by atoms with E-state index in [9.17, 15) is 13.2 Å². The van der Waals surface area contributed by atoms with E-state index in [1.165, 1.54) is 26.2 Å². The minimum atomic E-state index is -4.23. The summed E-state index contributed by atoms with van der Waals surface area (Å²) >= 11 is 6.21. The monoisotopic (exact) mass is 529 g/mol. The van der Waals surface area contributed by atoms with Gasteiger partial charge in [0.15, 0.2) is 0 Å². The summed E-state index contributed by atoms with van der Waals surface area (Å²) < 4.78 is 39.1. The maximum Gasteiger partial charge on any atom is 0.329 e. The second-order valence-corrected chi connectivity index (χ2v) is 10.3. The number of hydrogen-bond acceptors (Lipinski definition) is 6. The van der Waals surface area contributed by atoms with Crippen molar-refractivity contribution < 1.29 is 22.7 Å². The number of anilines is 1. The zero-order valence-electron chi connectivity index (χ0n) is 20.2. The van der Waals surface area contributed by atoms with Crippen LogP contribution in [0.25, 0.3) is 0 Å². The van der Waals surface area contributed by atoms with Crippen molar-refractivity contribution in [3.63, 3.8) is 0 Å². The Labute approximate surface area is 216 Å². The molecular weight excluding hydrogens is 502 g/mol. The zero-order valence-corrected chi connectivity index (χ0v) is 21.8. The van der Waals surface area contributed by atoms with Crippen molar-refractivity contribution in [3.8, 4) is 5.75 Å². The predicted molar refractivity (Wildman–Crippen MR) is 140 cm³/mol. The third-order valence-corrected chi connectivity index (χ3v) is 7.88. The van der Waals surface area contributed by atoms with Gasteiger partial charge in [-0.1, -0.05) is 48.0 Å². The van der Waals surface area contributed by atoms with Crippen molar-refractivity contribution in [3.05, 3.63) is 88.4 Å². The van der Waals surface area contributed by atoms with Crippen molar-refractivity contribution in [2.24, 2.45) is 5.73 Å². The molecule has 0 spiro atoms. The average Bonchev–Trinajstić information content (AvgIpc) is 2.83. The van der Waals surface area contributed by atoms with Crippen LogP contribution in [0.4, 0.5) is 5.69 Å². The molecule has 0 bridgehead atoms. The number of nitrogens with two attached hydrogens (primary N) is 1. The van der Waals surface area contributed by atoms with Crippen molar-refractivity contribution in [2.45, 2.75) is 31.2 Å². The lowest BCUT2D eigenvalue weighted by Crippen LogP contribution is -2.44. The summed E-state index contributed by atoms with van der Waals surface area (Å²) in [4.78, 5) is 12.3. The first kappa shape index (κ1) is 27.0. The van der Waals surface area contributed by atoms with E-state index in [2.05, 4.69) is 0 Å². The molecule has 0 aliphatic rings. The Bertz CT molecular complexity index is 1360. The van der Waals surface area contributed by atoms with Crippen molar-refractivity contribution >= 4 is 39.1 Å². The van der Waals surface area contributed by atoms with Crippen LogP contribution in [0.3, 0.4) is 0 Å². The molecule has 190 valence electrons. The Hall–Kier alpha value is -3.56. The van der Waals surface area contributed by atoms with Crippen LogP contribution in [-0.4, -0.2) is 40.0 Å². The molecule has 0 aliphatic heterocycles. The molecule has 3 aromatic carbocycles. The van der Waals surface area contributed by atoms with Gasteiger partial charge in [-0.3, -0.25) is 9.71 Å². The Morgan fingerprint density at radius 1 is 1.11 bits per heavy atom. The van der Waals surface area contributed by atoms with Crippen LogP contribution in [0.2, 0.25) is 5.02 Å². The number of amidine groups is 1. The van der Waals surface area contributed by atoms with Crippen LogP contribution < -0.4 is 14.8 Å². The third-order valence-electron chi connectivity index (χ3n) is 5.48. The Balaban J connectivity index is 1.91. The molecule has 8 nitrogen and oxygen atoms in total. The molecule has 0 aromatic heterocycles. The number of rotatable bonds is 10. The first-order valence-electron chi connectivity index (χ1n) is 11.1. The number of carbonyl (C=O) groups excluding carboxylic acids is 1. The normalized spacial score (nSPS) is 12.0. The molecule has 10 heteroatoms. The molecule has 1 atom stereocenters. The molecule has 0 fully saturated rings. The zero-order chi connectivity index (χ0) is 26.5. The van der Waals surface area contributed by atoms with E-state index in [0.717, 1.165) is 15.4 Å². The predicted octanol–water partition coefficient (Wildman–Crippen LogP) is 4.31. The van der Waals surface area contributed by atoms with Gasteiger partial charge in [-0.15, -0.1) is 0 Å². The van der Waals surface area contributed by atoms with Crippen LogP contribution in [0.5, 0.6) is 5.75 Å². The summed E-state index contributed by atoms with van der Waals surface area (Å²) in [6, 6.07) is 17.2. The molecule has 0 saturated heterocycles. The van der Waals surface area contributed by atoms with Gasteiger partial charge in [0.25, 0.3) is 10.0 Å². The Morgan fingerprint density at radius 2 is 1.78 bits per heavy atom. The quantitative estimate of drug-likeness (QED) is 0.229. The molecule has 0 saturated carbocycles. The molecule has 1 unspecified atom stereocenters. The van der Waals surface area contributed by atoms with E-state index in [-0.39, 0.29) is 21.4 Å². The van der Waals surface area contributed by atoms with E-state index in [4.69, 9.17) is 32.2 Å². The third kappa shape index (κ3) is 6.16. The second kappa shape index (κ2) is 11.5. The van der Waals surface area contributed by atoms with Gasteiger partial charge in [0.2, 0.25) is 0 Å². The SMILES string of the molecule is COC(=O)C(C)N(c1cc(C)cc(OCCc2ccc(C(=N)N)cc2)c1)S(=O)(=O)c1ccccc1Cl. The molecule has 0 radical (unpaired) electrons. The minimum absolute atomic E-state index is 0.00238. The number of sulfonamides is 1. The first-order chi connectivity index (χ1) is 17.0. The maximum atomic E-state index is 13.7. The minimum Gasteiger partial charge on any atom is -0.493 e. The largest absolute Gasteiger partial charge is 0.493 e. The summed E-state index contributed by atoms with van der Waals surface area (Å²) in [6.45, 7) is 3.58. The molecule has 36 heavy (non-hydrogen) atoms. The molecule has 0 aliphatic carbocycles. The van der Waals surface area contributed by atoms with Crippen molar-refractivity contribution in [1.29, 1.82) is 5.41 Å². The van der Waals surface area contributed by atoms with Crippen LogP contribution in [0, 0.1) is 12.3 Å². The van der Waals surface area contributed by atoms with Gasteiger partial charge in [0, 0.05) is 18.1 Å². The first-order valence-corrected chi connectivity index (χ1v) is 12.9. The van der Waals surface area contributed by atoms with E-state index >= 15 is 0 Å². The highest BCUT2D eigenvalue weighted by atomic mass is 35.5. The number of hydrogen-bond donors (Lipinski definition) is 2. The van der Waals surface area contributed by atoms with Gasteiger partial charge < -0.3 is 15.2 Å². The number of aryl methyl sites for hydroxylation is 1. The fraction of sp³-hybridized carbons (Fsp3) is 0.231. The topological polar surface area (TPSA) is 123 Å². The van der Waals surface area contributed by atoms with Gasteiger partial charge in [0.05, 0.1) is 24.4 Å². The molecule has 3 aromatic rings. The van der Waals surface area contributed by atoms with Gasteiger partial charge in [-0.2, -0.15) is 0 Å². The standard InChI is InChI=1S/C26H28ClN3O5S/c1-17-14-21(16-22(15-17)35-13-12-19-8-10-20(11-9-19)25(28)29)30(18(2)26(31)34-3)36(32,33)24-7-5-4-6-23(24)27/h4-11,14-16,18H,12-13H2,1-3H3,(H3,28,29). The lowest BCUT2D eigenvalue weighted by Gasteiger charge is -2.29. The van der Waals surface area contributed by atoms with Gasteiger partial charge >= 0.3 is 5.97 Å². The molecule has 0 amide bonds. The fourth-order valence-corrected chi connectivity index (χ4v) is 5.76. The number of esters is 1. The lowest BCUT2D eigenvalue weighted by molar-refractivity contribution is -0.141. The smallest absolute Gasteiger partial charge is 0.329 e. The highest BCUT2D eigenvalue weighted by molar-refractivity contribution is 7.93. The summed E-state index contributed by atoms with van der Waals surface area (Å²) in [7, 11) is -3.03. The molecule has 3 rings (SSSR count). The maximum absolute atomic E-state index is 13.7. The number of nitrogens with zero attached hydrogens (tertiary/aromatic N) is 1. The highest BCUT2D eigenvalue weighted by Crippen LogP contribution is 2.33. The van der Waals surface area contributed by atoms with Crippen LogP contribution in [0.15, 0.2) is 71.6 Å². The van der Waals surface area contributed by atoms with E-state index in [0.29, 0.717) is 24.3 Å². The van der Waals surface area contributed by atoms with Crippen LogP contribution in [-0.2, 0) is 26.0 Å². The van der Waals surface area contributed by atoms with Gasteiger partial charge in [-0.25, -0.2) is 13.2 Å². The molecule has 0 heterocycles. The number of carbonyl (C=O) groups is 1. The number of nitrogen functional groups attached to an aromatic ring is 1. The van der Waals surface area contributed by atoms with Gasteiger partial charge in [-0.05, 0) is 49.2 Å². The summed E-state index contributed by atoms with van der Waals surface area (Å²) in [5.41, 5.74) is 8.11. The lowest BCUT2D eigenvalue weighted by atomic mass is 10.1. The number of nitrogens with one attached hydrogen (secondary N) is 1. The Morgan fingerprint density at radius 3 is 2.39 bits per heavy atom. The fourth-order valence-electron chi connectivity index (χ4n) is 3.67.